The van der Waals surface area contributed by atoms with E-state index < -0.39 is 17.2 Å². The zero-order chi connectivity index (χ0) is 8.85. The van der Waals surface area contributed by atoms with Crippen LogP contribution in [0.2, 0.25) is 0 Å². The number of hydrogen-bond donors (Lipinski definition) is 2. The van der Waals surface area contributed by atoms with E-state index >= 15 is 0 Å². The van der Waals surface area contributed by atoms with Crippen molar-refractivity contribution in [1.29, 1.82) is 0 Å². The lowest BCUT2D eigenvalue weighted by atomic mass is 10.5. The van der Waals surface area contributed by atoms with Gasteiger partial charge in [0.25, 0.3) is 11.3 Å². The van der Waals surface area contributed by atoms with Crippen LogP contribution in [0.4, 0.5) is 0 Å². The molecule has 0 fully saturated rings. The van der Waals surface area contributed by atoms with Gasteiger partial charge in [0, 0.05) is 0 Å². The van der Waals surface area contributed by atoms with Crippen LogP contribution in [0, 0.1) is 0 Å². The summed E-state index contributed by atoms with van der Waals surface area (Å²) in [5.74, 6) is -0.727. The van der Waals surface area contributed by atoms with Gasteiger partial charge in [-0.3, -0.25) is 9.27 Å². The third-order valence-corrected chi connectivity index (χ3v) is 1.15. The fraction of sp³-hybridized carbons (Fsp3) is 0.400. The Labute approximate surface area is 66.8 Å². The van der Waals surface area contributed by atoms with Crippen molar-refractivity contribution in [3.63, 3.8) is 0 Å². The summed E-state index contributed by atoms with van der Waals surface area (Å²) in [6.45, 7) is 5.01. The van der Waals surface area contributed by atoms with Crippen LogP contribution in [-0.2, 0) is 20.8 Å². The number of carbonyl (C=O) groups excluding carboxylic acids is 1. The van der Waals surface area contributed by atoms with Gasteiger partial charge in [0.05, 0.1) is 6.61 Å². The Bertz CT molecular complexity index is 191. The molecule has 0 rings (SSSR count). The molecule has 0 radical (unpaired) electrons. The average Bonchev–Trinajstić information content (AvgIpc) is 1.86. The summed E-state index contributed by atoms with van der Waals surface area (Å²) in [6, 6.07) is 0. The van der Waals surface area contributed by atoms with Crippen molar-refractivity contribution in [2.75, 3.05) is 6.61 Å². The largest absolute Gasteiger partial charge is 0.461 e. The Hall–Kier alpha value is -0.880. The molecule has 0 bridgehead atoms. The maximum atomic E-state index is 10.6. The first kappa shape index (κ1) is 10.1. The molecule has 1 unspecified atom stereocenters. The maximum absolute atomic E-state index is 10.6. The first-order chi connectivity index (χ1) is 5.07. The quantitative estimate of drug-likeness (QED) is 0.355. The molecule has 2 N–H and O–H groups in total. The molecule has 0 aromatic rings. The monoisotopic (exact) mass is 179 g/mol. The summed E-state index contributed by atoms with van der Waals surface area (Å²) < 4.78 is 24.6. The Morgan fingerprint density at radius 2 is 2.36 bits per heavy atom. The van der Waals surface area contributed by atoms with Crippen molar-refractivity contribution in [1.82, 2.24) is 4.72 Å². The molecule has 0 aliphatic rings. The summed E-state index contributed by atoms with van der Waals surface area (Å²) in [5.41, 5.74) is -0.229. The van der Waals surface area contributed by atoms with Crippen LogP contribution in [0.3, 0.4) is 0 Å². The SMILES string of the molecule is C=C(NS(=O)O)C(=O)OCC. The molecule has 1 atom stereocenters. The van der Waals surface area contributed by atoms with Gasteiger partial charge in [0.15, 0.2) is 0 Å². The molecule has 6 heteroatoms. The molecule has 0 spiro atoms. The predicted octanol–water partition coefficient (Wildman–Crippen LogP) is -0.210. The molecule has 11 heavy (non-hydrogen) atoms. The van der Waals surface area contributed by atoms with Gasteiger partial charge in [-0.05, 0) is 6.92 Å². The molecule has 64 valence electrons. The summed E-state index contributed by atoms with van der Waals surface area (Å²) in [4.78, 5) is 10.6. The first-order valence-corrected chi connectivity index (χ1v) is 3.92. The average molecular weight is 179 g/mol. The minimum absolute atomic E-state index is 0.206. The van der Waals surface area contributed by atoms with E-state index in [4.69, 9.17) is 4.55 Å². The van der Waals surface area contributed by atoms with Crippen molar-refractivity contribution in [3.8, 4) is 0 Å². The molecule has 5 nitrogen and oxygen atoms in total. The Kier molecular flexibility index (Phi) is 4.47. The summed E-state index contributed by atoms with van der Waals surface area (Å²) in [7, 11) is 0. The van der Waals surface area contributed by atoms with Gasteiger partial charge in [0.1, 0.15) is 5.70 Å². The second-order valence-electron chi connectivity index (χ2n) is 1.55. The number of nitrogens with one attached hydrogen (secondary N) is 1. The smallest absolute Gasteiger partial charge is 0.354 e. The fourth-order valence-corrected chi connectivity index (χ4v) is 0.659. The molecule has 0 heterocycles. The lowest BCUT2D eigenvalue weighted by Crippen LogP contribution is -2.22. The third kappa shape index (κ3) is 4.51. The minimum atomic E-state index is -2.27. The van der Waals surface area contributed by atoms with E-state index in [9.17, 15) is 9.00 Å². The normalized spacial score (nSPS) is 11.8. The van der Waals surface area contributed by atoms with Crippen LogP contribution in [-0.4, -0.2) is 21.3 Å². The topological polar surface area (TPSA) is 75.6 Å². The highest BCUT2D eigenvalue weighted by Gasteiger charge is 2.07. The summed E-state index contributed by atoms with van der Waals surface area (Å²) >= 11 is -2.27. The molecule has 0 saturated carbocycles. The molecule has 0 aliphatic carbocycles. The van der Waals surface area contributed by atoms with E-state index in [1.54, 1.807) is 6.92 Å². The zero-order valence-electron chi connectivity index (χ0n) is 5.99. The van der Waals surface area contributed by atoms with Crippen molar-refractivity contribution in [3.05, 3.63) is 12.3 Å². The van der Waals surface area contributed by atoms with E-state index in [2.05, 4.69) is 11.3 Å². The molecular weight excluding hydrogens is 170 g/mol. The number of esters is 1. The standard InChI is InChI=1S/C5H9NO4S/c1-3-10-5(7)4(2)6-11(8)9/h6H,2-3H2,1H3,(H,8,9). The Morgan fingerprint density at radius 1 is 1.82 bits per heavy atom. The summed E-state index contributed by atoms with van der Waals surface area (Å²) in [5, 5.41) is 0. The van der Waals surface area contributed by atoms with Crippen molar-refractivity contribution >= 4 is 17.2 Å². The third-order valence-electron chi connectivity index (χ3n) is 0.732. The van der Waals surface area contributed by atoms with Crippen LogP contribution >= 0.6 is 0 Å². The van der Waals surface area contributed by atoms with Gasteiger partial charge in [-0.15, -0.1) is 0 Å². The number of ether oxygens (including phenoxy) is 1. The second-order valence-corrected chi connectivity index (χ2v) is 2.25. The van der Waals surface area contributed by atoms with Crippen LogP contribution in [0.15, 0.2) is 12.3 Å². The lowest BCUT2D eigenvalue weighted by molar-refractivity contribution is -0.138. The number of hydrogen-bond acceptors (Lipinski definition) is 3. The van der Waals surface area contributed by atoms with Gasteiger partial charge < -0.3 is 4.74 Å². The second kappa shape index (κ2) is 4.86. The molecule has 0 aromatic heterocycles. The van der Waals surface area contributed by atoms with Crippen LogP contribution in [0.1, 0.15) is 6.92 Å². The predicted molar refractivity (Wildman–Crippen MR) is 39.7 cm³/mol. The molecule has 0 saturated heterocycles. The van der Waals surface area contributed by atoms with Crippen molar-refractivity contribution < 1.29 is 18.3 Å². The van der Waals surface area contributed by atoms with E-state index in [1.807, 2.05) is 4.72 Å². The van der Waals surface area contributed by atoms with E-state index in [0.29, 0.717) is 0 Å². The van der Waals surface area contributed by atoms with Gasteiger partial charge in [0.2, 0.25) is 0 Å². The fourth-order valence-electron chi connectivity index (χ4n) is 0.365. The minimum Gasteiger partial charge on any atom is -0.461 e. The van der Waals surface area contributed by atoms with Crippen LogP contribution in [0.5, 0.6) is 0 Å². The van der Waals surface area contributed by atoms with Crippen molar-refractivity contribution in [2.24, 2.45) is 0 Å². The first-order valence-electron chi connectivity index (χ1n) is 2.81. The molecule has 0 aromatic carbocycles. The van der Waals surface area contributed by atoms with E-state index in [0.717, 1.165) is 0 Å². The highest BCUT2D eigenvalue weighted by Crippen LogP contribution is 1.89. The molecule has 0 aliphatic heterocycles. The highest BCUT2D eigenvalue weighted by atomic mass is 32.2. The molecule has 0 amide bonds. The van der Waals surface area contributed by atoms with Gasteiger partial charge in [-0.2, -0.15) is 0 Å². The van der Waals surface area contributed by atoms with Gasteiger partial charge >= 0.3 is 5.97 Å². The maximum Gasteiger partial charge on any atom is 0.354 e. The van der Waals surface area contributed by atoms with Crippen LogP contribution in [0.25, 0.3) is 0 Å². The lowest BCUT2D eigenvalue weighted by Gasteiger charge is -2.03. The van der Waals surface area contributed by atoms with E-state index in [1.165, 1.54) is 0 Å². The zero-order valence-corrected chi connectivity index (χ0v) is 6.81. The summed E-state index contributed by atoms with van der Waals surface area (Å²) in [6.07, 6.45) is 0. The molecular formula is C5H9NO4S. The van der Waals surface area contributed by atoms with Gasteiger partial charge in [-0.1, -0.05) is 6.58 Å². The van der Waals surface area contributed by atoms with Gasteiger partial charge in [-0.25, -0.2) is 9.00 Å². The number of rotatable bonds is 4. The Balaban J connectivity index is 3.83. The van der Waals surface area contributed by atoms with Crippen LogP contribution < -0.4 is 4.72 Å². The Morgan fingerprint density at radius 3 is 2.73 bits per heavy atom. The number of carbonyl (C=O) groups is 1. The van der Waals surface area contributed by atoms with Crippen molar-refractivity contribution in [2.45, 2.75) is 6.92 Å². The van der Waals surface area contributed by atoms with E-state index in [-0.39, 0.29) is 12.3 Å². The highest BCUT2D eigenvalue weighted by molar-refractivity contribution is 7.77.